The van der Waals surface area contributed by atoms with Gasteiger partial charge in [0.25, 0.3) is 5.56 Å². The van der Waals surface area contributed by atoms with Gasteiger partial charge in [-0.1, -0.05) is 0 Å². The summed E-state index contributed by atoms with van der Waals surface area (Å²) in [5, 5.41) is 0. The van der Waals surface area contributed by atoms with E-state index in [1.165, 1.54) is 0 Å². The third-order valence-corrected chi connectivity index (χ3v) is 2.42. The van der Waals surface area contributed by atoms with Crippen LogP contribution in [0.5, 0.6) is 0 Å². The van der Waals surface area contributed by atoms with Gasteiger partial charge in [-0.05, 0) is 31.5 Å². The fourth-order valence-electron chi connectivity index (χ4n) is 1.63. The van der Waals surface area contributed by atoms with Crippen molar-refractivity contribution in [3.8, 4) is 0 Å². The minimum Gasteiger partial charge on any atom is -0.292 e. The van der Waals surface area contributed by atoms with Crippen LogP contribution in [-0.4, -0.2) is 14.5 Å². The van der Waals surface area contributed by atoms with Gasteiger partial charge >= 0.3 is 0 Å². The predicted octanol–water partition coefficient (Wildman–Crippen LogP) is 1.30. The molecular formula is C12H13N3O. The molecule has 0 aromatic carbocycles. The van der Waals surface area contributed by atoms with Crippen LogP contribution >= 0.6 is 0 Å². The van der Waals surface area contributed by atoms with Crippen LogP contribution in [0.1, 0.15) is 17.1 Å². The summed E-state index contributed by atoms with van der Waals surface area (Å²) in [4.78, 5) is 20.0. The number of pyridine rings is 1. The highest BCUT2D eigenvalue weighted by molar-refractivity contribution is 5.12. The van der Waals surface area contributed by atoms with Gasteiger partial charge in [0, 0.05) is 24.2 Å². The molecule has 0 atom stereocenters. The Morgan fingerprint density at radius 2 is 1.94 bits per heavy atom. The third-order valence-electron chi connectivity index (χ3n) is 2.42. The molecule has 2 aromatic heterocycles. The van der Waals surface area contributed by atoms with Crippen molar-refractivity contribution >= 4 is 0 Å². The molecule has 0 amide bonds. The van der Waals surface area contributed by atoms with Crippen LogP contribution in [-0.2, 0) is 6.54 Å². The maximum atomic E-state index is 11.8. The maximum absolute atomic E-state index is 11.8. The Balaban J connectivity index is 2.39. The lowest BCUT2D eigenvalue weighted by atomic mass is 10.2. The average Bonchev–Trinajstić information content (AvgIpc) is 2.25. The molecule has 2 aromatic rings. The number of hydrogen-bond donors (Lipinski definition) is 0. The summed E-state index contributed by atoms with van der Waals surface area (Å²) in [7, 11) is 0. The van der Waals surface area contributed by atoms with Crippen LogP contribution in [0.2, 0.25) is 0 Å². The topological polar surface area (TPSA) is 47.8 Å². The predicted molar refractivity (Wildman–Crippen MR) is 61.3 cm³/mol. The lowest BCUT2D eigenvalue weighted by Gasteiger charge is -2.09. The van der Waals surface area contributed by atoms with E-state index >= 15 is 0 Å². The first kappa shape index (κ1) is 10.5. The van der Waals surface area contributed by atoms with E-state index in [-0.39, 0.29) is 5.56 Å². The van der Waals surface area contributed by atoms with E-state index in [4.69, 9.17) is 0 Å². The van der Waals surface area contributed by atoms with Gasteiger partial charge in [0.15, 0.2) is 0 Å². The number of rotatable bonds is 2. The number of hydrogen-bond acceptors (Lipinski definition) is 3. The Hall–Kier alpha value is -1.97. The first-order chi connectivity index (χ1) is 7.66. The van der Waals surface area contributed by atoms with E-state index in [2.05, 4.69) is 9.97 Å². The Labute approximate surface area is 93.6 Å². The molecule has 0 spiro atoms. The van der Waals surface area contributed by atoms with E-state index in [9.17, 15) is 4.79 Å². The number of aryl methyl sites for hydroxylation is 2. The van der Waals surface area contributed by atoms with E-state index < -0.39 is 0 Å². The van der Waals surface area contributed by atoms with Gasteiger partial charge in [0.1, 0.15) is 5.82 Å². The molecule has 2 heterocycles. The highest BCUT2D eigenvalue weighted by atomic mass is 16.1. The molecule has 0 fully saturated rings. The average molecular weight is 215 g/mol. The van der Waals surface area contributed by atoms with Gasteiger partial charge < -0.3 is 0 Å². The molecule has 0 aliphatic rings. The van der Waals surface area contributed by atoms with Gasteiger partial charge in [-0.25, -0.2) is 4.98 Å². The van der Waals surface area contributed by atoms with Crippen LogP contribution in [0.3, 0.4) is 0 Å². The van der Waals surface area contributed by atoms with Crippen molar-refractivity contribution < 1.29 is 0 Å². The van der Waals surface area contributed by atoms with Crippen LogP contribution in [0.4, 0.5) is 0 Å². The summed E-state index contributed by atoms with van der Waals surface area (Å²) in [5.41, 5.74) is 1.79. The number of aromatic nitrogens is 3. The molecule has 0 saturated carbocycles. The van der Waals surface area contributed by atoms with Crippen molar-refractivity contribution in [3.63, 3.8) is 0 Å². The van der Waals surface area contributed by atoms with Crippen molar-refractivity contribution in [3.05, 3.63) is 58.0 Å². The van der Waals surface area contributed by atoms with E-state index in [0.29, 0.717) is 6.54 Å². The monoisotopic (exact) mass is 215 g/mol. The molecule has 4 nitrogen and oxygen atoms in total. The largest absolute Gasteiger partial charge is 0.292 e. The maximum Gasteiger partial charge on any atom is 0.254 e. The van der Waals surface area contributed by atoms with E-state index in [0.717, 1.165) is 17.1 Å². The molecule has 4 heteroatoms. The Kier molecular flexibility index (Phi) is 2.81. The zero-order chi connectivity index (χ0) is 11.5. The van der Waals surface area contributed by atoms with Gasteiger partial charge in [-0.3, -0.25) is 14.3 Å². The van der Waals surface area contributed by atoms with Gasteiger partial charge in [0.05, 0.1) is 6.54 Å². The zero-order valence-corrected chi connectivity index (χ0v) is 9.34. The standard InChI is InChI=1S/C12H13N3O/c1-9-7-12(16)15(10(2)14-9)8-11-3-5-13-6-4-11/h3-7H,8H2,1-2H3. The van der Waals surface area contributed by atoms with Gasteiger partial charge in [-0.15, -0.1) is 0 Å². The first-order valence-electron chi connectivity index (χ1n) is 5.11. The van der Waals surface area contributed by atoms with Crippen molar-refractivity contribution in [2.45, 2.75) is 20.4 Å². The molecule has 0 radical (unpaired) electrons. The summed E-state index contributed by atoms with van der Waals surface area (Å²) in [6.45, 7) is 4.21. The first-order valence-corrected chi connectivity index (χ1v) is 5.11. The van der Waals surface area contributed by atoms with Crippen LogP contribution in [0.25, 0.3) is 0 Å². The summed E-state index contributed by atoms with van der Waals surface area (Å²) < 4.78 is 1.66. The fourth-order valence-corrected chi connectivity index (χ4v) is 1.63. The summed E-state index contributed by atoms with van der Waals surface area (Å²) in [6.07, 6.45) is 3.44. The molecule has 0 unspecified atom stereocenters. The molecule has 0 aliphatic carbocycles. The molecule has 2 rings (SSSR count). The minimum absolute atomic E-state index is 0.0122. The highest BCUT2D eigenvalue weighted by Crippen LogP contribution is 2.01. The number of nitrogens with zero attached hydrogens (tertiary/aromatic N) is 3. The lowest BCUT2D eigenvalue weighted by Crippen LogP contribution is -2.24. The van der Waals surface area contributed by atoms with E-state index in [1.807, 2.05) is 26.0 Å². The normalized spacial score (nSPS) is 10.4. The second-order valence-electron chi connectivity index (χ2n) is 3.72. The molecule has 0 aliphatic heterocycles. The lowest BCUT2D eigenvalue weighted by molar-refractivity contribution is 0.693. The van der Waals surface area contributed by atoms with Crippen molar-refractivity contribution in [1.82, 2.24) is 14.5 Å². The van der Waals surface area contributed by atoms with Crippen molar-refractivity contribution in [2.75, 3.05) is 0 Å². The summed E-state index contributed by atoms with van der Waals surface area (Å²) >= 11 is 0. The Bertz CT molecular complexity index is 546. The van der Waals surface area contributed by atoms with Gasteiger partial charge in [0.2, 0.25) is 0 Å². The quantitative estimate of drug-likeness (QED) is 0.758. The van der Waals surface area contributed by atoms with Crippen LogP contribution in [0, 0.1) is 13.8 Å². The van der Waals surface area contributed by atoms with Crippen LogP contribution < -0.4 is 5.56 Å². The molecule has 0 N–H and O–H groups in total. The second kappa shape index (κ2) is 4.26. The summed E-state index contributed by atoms with van der Waals surface area (Å²) in [5.74, 6) is 0.738. The van der Waals surface area contributed by atoms with Crippen molar-refractivity contribution in [1.29, 1.82) is 0 Å². The fraction of sp³-hybridized carbons (Fsp3) is 0.250. The molecule has 0 saturated heterocycles. The third kappa shape index (κ3) is 2.16. The minimum atomic E-state index is -0.0122. The second-order valence-corrected chi connectivity index (χ2v) is 3.72. The highest BCUT2D eigenvalue weighted by Gasteiger charge is 2.03. The molecule has 16 heavy (non-hydrogen) atoms. The van der Waals surface area contributed by atoms with E-state index in [1.54, 1.807) is 23.0 Å². The molecular weight excluding hydrogens is 202 g/mol. The van der Waals surface area contributed by atoms with Crippen LogP contribution in [0.15, 0.2) is 35.4 Å². The molecule has 0 bridgehead atoms. The Morgan fingerprint density at radius 1 is 1.25 bits per heavy atom. The smallest absolute Gasteiger partial charge is 0.254 e. The van der Waals surface area contributed by atoms with Gasteiger partial charge in [-0.2, -0.15) is 0 Å². The zero-order valence-electron chi connectivity index (χ0n) is 9.34. The SMILES string of the molecule is Cc1cc(=O)n(Cc2ccncc2)c(C)n1. The summed E-state index contributed by atoms with van der Waals surface area (Å²) in [6, 6.07) is 5.34. The molecule has 82 valence electrons. The van der Waals surface area contributed by atoms with Crippen molar-refractivity contribution in [2.24, 2.45) is 0 Å². The Morgan fingerprint density at radius 3 is 2.56 bits per heavy atom.